The van der Waals surface area contributed by atoms with E-state index in [9.17, 15) is 4.79 Å². The van der Waals surface area contributed by atoms with Crippen molar-refractivity contribution in [1.82, 2.24) is 15.3 Å². The van der Waals surface area contributed by atoms with Crippen molar-refractivity contribution in [2.75, 3.05) is 11.9 Å². The summed E-state index contributed by atoms with van der Waals surface area (Å²) in [4.78, 5) is 19.7. The Morgan fingerprint density at radius 2 is 2.12 bits per heavy atom. The maximum atomic E-state index is 12.3. The second-order valence-corrected chi connectivity index (χ2v) is 6.25. The summed E-state index contributed by atoms with van der Waals surface area (Å²) < 4.78 is 0. The number of aromatic amines is 1. The van der Waals surface area contributed by atoms with Gasteiger partial charge in [0.15, 0.2) is 0 Å². The van der Waals surface area contributed by atoms with E-state index in [1.807, 2.05) is 24.4 Å². The van der Waals surface area contributed by atoms with Crippen LogP contribution in [0.4, 0.5) is 5.69 Å². The fourth-order valence-corrected chi connectivity index (χ4v) is 2.86. The quantitative estimate of drug-likeness (QED) is 0.653. The highest BCUT2D eigenvalue weighted by atomic mass is 16.1. The number of rotatable bonds is 6. The third-order valence-electron chi connectivity index (χ3n) is 4.30. The second kappa shape index (κ2) is 6.35. The van der Waals surface area contributed by atoms with Gasteiger partial charge in [-0.25, -0.2) is 0 Å². The van der Waals surface area contributed by atoms with Crippen LogP contribution in [0.3, 0.4) is 0 Å². The first-order valence-electron chi connectivity index (χ1n) is 8.34. The van der Waals surface area contributed by atoms with E-state index >= 15 is 0 Å². The molecule has 0 spiro atoms. The van der Waals surface area contributed by atoms with Gasteiger partial charge in [0.1, 0.15) is 0 Å². The number of nitrogens with zero attached hydrogens (tertiary/aromatic N) is 1. The highest BCUT2D eigenvalue weighted by Gasteiger charge is 2.21. The number of H-pyrrole nitrogens is 1. The van der Waals surface area contributed by atoms with Crippen LogP contribution >= 0.6 is 0 Å². The normalized spacial score (nSPS) is 13.8. The SMILES string of the molecule is O=C(NCCc1c[nH]c2ccccc12)c1cncc(NC2CC2)c1. The molecule has 0 radical (unpaired) electrons. The lowest BCUT2D eigenvalue weighted by Gasteiger charge is -2.07. The monoisotopic (exact) mass is 320 g/mol. The first-order valence-corrected chi connectivity index (χ1v) is 8.34. The van der Waals surface area contributed by atoms with E-state index in [0.29, 0.717) is 18.2 Å². The van der Waals surface area contributed by atoms with Gasteiger partial charge in [-0.1, -0.05) is 18.2 Å². The Balaban J connectivity index is 1.36. The van der Waals surface area contributed by atoms with Gasteiger partial charge >= 0.3 is 0 Å². The highest BCUT2D eigenvalue weighted by Crippen LogP contribution is 2.24. The van der Waals surface area contributed by atoms with E-state index in [0.717, 1.165) is 17.6 Å². The van der Waals surface area contributed by atoms with Gasteiger partial charge in [0.25, 0.3) is 5.91 Å². The van der Waals surface area contributed by atoms with Crippen molar-refractivity contribution in [1.29, 1.82) is 0 Å². The second-order valence-electron chi connectivity index (χ2n) is 6.25. The molecule has 0 bridgehead atoms. The third-order valence-corrected chi connectivity index (χ3v) is 4.30. The number of aromatic nitrogens is 2. The fraction of sp³-hybridized carbons (Fsp3) is 0.263. The van der Waals surface area contributed by atoms with E-state index in [2.05, 4.69) is 32.7 Å². The molecule has 1 saturated carbocycles. The van der Waals surface area contributed by atoms with Crippen molar-refractivity contribution in [3.05, 3.63) is 60.0 Å². The molecule has 0 saturated heterocycles. The van der Waals surface area contributed by atoms with Crippen LogP contribution in [0.15, 0.2) is 48.9 Å². The van der Waals surface area contributed by atoms with Crippen LogP contribution in [0.2, 0.25) is 0 Å². The van der Waals surface area contributed by atoms with Gasteiger partial charge in [0.2, 0.25) is 0 Å². The average Bonchev–Trinajstić information content (AvgIpc) is 3.33. The van der Waals surface area contributed by atoms with Crippen LogP contribution in [-0.2, 0) is 6.42 Å². The largest absolute Gasteiger partial charge is 0.381 e. The number of pyridine rings is 1. The summed E-state index contributed by atoms with van der Waals surface area (Å²) in [5.41, 5.74) is 3.86. The lowest BCUT2D eigenvalue weighted by atomic mass is 10.1. The molecule has 1 amide bonds. The van der Waals surface area contributed by atoms with Gasteiger partial charge < -0.3 is 15.6 Å². The molecule has 1 aliphatic carbocycles. The van der Waals surface area contributed by atoms with Crippen LogP contribution in [-0.4, -0.2) is 28.5 Å². The predicted octanol–water partition coefficient (Wildman–Crippen LogP) is 3.11. The Kier molecular flexibility index (Phi) is 3.91. The minimum absolute atomic E-state index is 0.0817. The Morgan fingerprint density at radius 3 is 3.00 bits per heavy atom. The van der Waals surface area contributed by atoms with Crippen molar-refractivity contribution in [3.63, 3.8) is 0 Å². The summed E-state index contributed by atoms with van der Waals surface area (Å²) in [5.74, 6) is -0.0817. The van der Waals surface area contributed by atoms with Crippen molar-refractivity contribution in [2.45, 2.75) is 25.3 Å². The minimum Gasteiger partial charge on any atom is -0.381 e. The molecule has 4 rings (SSSR count). The summed E-state index contributed by atoms with van der Waals surface area (Å²) in [6.07, 6.45) is 8.57. The van der Waals surface area contributed by atoms with E-state index in [4.69, 9.17) is 0 Å². The number of benzene rings is 1. The van der Waals surface area contributed by atoms with Gasteiger partial charge in [0, 0.05) is 42.1 Å². The van der Waals surface area contributed by atoms with Crippen molar-refractivity contribution in [2.24, 2.45) is 0 Å². The molecule has 2 heterocycles. The third kappa shape index (κ3) is 3.25. The molecule has 24 heavy (non-hydrogen) atoms. The van der Waals surface area contributed by atoms with Gasteiger partial charge in [-0.2, -0.15) is 0 Å². The minimum atomic E-state index is -0.0817. The molecule has 1 aromatic carbocycles. The Hall–Kier alpha value is -2.82. The van der Waals surface area contributed by atoms with Gasteiger partial charge in [-0.15, -0.1) is 0 Å². The molecular weight excluding hydrogens is 300 g/mol. The number of hydrogen-bond acceptors (Lipinski definition) is 3. The van der Waals surface area contributed by atoms with Crippen LogP contribution in [0.1, 0.15) is 28.8 Å². The smallest absolute Gasteiger partial charge is 0.252 e. The first kappa shape index (κ1) is 14.8. The average molecular weight is 320 g/mol. The number of amides is 1. The van der Waals surface area contributed by atoms with Crippen LogP contribution < -0.4 is 10.6 Å². The van der Waals surface area contributed by atoms with Crippen molar-refractivity contribution < 1.29 is 4.79 Å². The van der Waals surface area contributed by atoms with E-state index in [1.165, 1.54) is 23.8 Å². The molecule has 3 aromatic rings. The molecular formula is C19H20N4O. The van der Waals surface area contributed by atoms with Gasteiger partial charge in [0.05, 0.1) is 11.3 Å². The van der Waals surface area contributed by atoms with E-state index < -0.39 is 0 Å². The number of nitrogens with one attached hydrogen (secondary N) is 3. The number of carbonyl (C=O) groups is 1. The zero-order valence-corrected chi connectivity index (χ0v) is 13.4. The van der Waals surface area contributed by atoms with Crippen LogP contribution in [0, 0.1) is 0 Å². The zero-order chi connectivity index (χ0) is 16.4. The summed E-state index contributed by atoms with van der Waals surface area (Å²) in [5, 5.41) is 7.55. The molecule has 5 nitrogen and oxygen atoms in total. The highest BCUT2D eigenvalue weighted by molar-refractivity contribution is 5.94. The van der Waals surface area contributed by atoms with Gasteiger partial charge in [-0.05, 0) is 37.0 Å². The molecule has 5 heteroatoms. The zero-order valence-electron chi connectivity index (χ0n) is 13.4. The lowest BCUT2D eigenvalue weighted by Crippen LogP contribution is -2.25. The Morgan fingerprint density at radius 1 is 1.25 bits per heavy atom. The van der Waals surface area contributed by atoms with E-state index in [-0.39, 0.29) is 5.91 Å². The summed E-state index contributed by atoms with van der Waals surface area (Å²) in [6, 6.07) is 10.6. The number of para-hydroxylation sites is 1. The number of hydrogen-bond donors (Lipinski definition) is 3. The molecule has 2 aromatic heterocycles. The maximum Gasteiger partial charge on any atom is 0.252 e. The predicted molar refractivity (Wildman–Crippen MR) is 95.2 cm³/mol. The topological polar surface area (TPSA) is 69.8 Å². The molecule has 0 unspecified atom stereocenters. The van der Waals surface area contributed by atoms with Crippen molar-refractivity contribution in [3.8, 4) is 0 Å². The van der Waals surface area contributed by atoms with E-state index in [1.54, 1.807) is 12.4 Å². The molecule has 0 aliphatic heterocycles. The van der Waals surface area contributed by atoms with Crippen LogP contribution in [0.5, 0.6) is 0 Å². The van der Waals surface area contributed by atoms with Crippen molar-refractivity contribution >= 4 is 22.5 Å². The molecule has 1 fully saturated rings. The maximum absolute atomic E-state index is 12.3. The number of fused-ring (bicyclic) bond motifs is 1. The standard InChI is InChI=1S/C19H20N4O/c24-19(14-9-16(12-20-10-14)23-15-5-6-15)21-8-7-13-11-22-18-4-2-1-3-17(13)18/h1-4,9-12,15,22-23H,5-8H2,(H,21,24). The fourth-order valence-electron chi connectivity index (χ4n) is 2.86. The Bertz CT molecular complexity index is 866. The first-order chi connectivity index (χ1) is 11.8. The molecule has 122 valence electrons. The lowest BCUT2D eigenvalue weighted by molar-refractivity contribution is 0.0954. The molecule has 3 N–H and O–H groups in total. The number of carbonyl (C=O) groups excluding carboxylic acids is 1. The summed E-state index contributed by atoms with van der Waals surface area (Å²) in [7, 11) is 0. The molecule has 1 aliphatic rings. The van der Waals surface area contributed by atoms with Gasteiger partial charge in [-0.3, -0.25) is 9.78 Å². The number of anilines is 1. The molecule has 0 atom stereocenters. The summed E-state index contributed by atoms with van der Waals surface area (Å²) in [6.45, 7) is 0.598. The summed E-state index contributed by atoms with van der Waals surface area (Å²) >= 11 is 0. The Labute approximate surface area is 140 Å². The van der Waals surface area contributed by atoms with Crippen LogP contribution in [0.25, 0.3) is 10.9 Å².